The van der Waals surface area contributed by atoms with Crippen molar-refractivity contribution in [2.75, 3.05) is 46.1 Å². The lowest BCUT2D eigenvalue weighted by Crippen LogP contribution is -2.44. The molecule has 1 aliphatic rings. The van der Waals surface area contributed by atoms with Gasteiger partial charge in [0.2, 0.25) is 5.88 Å². The summed E-state index contributed by atoms with van der Waals surface area (Å²) in [5.41, 5.74) is 8.77. The molecule has 6 nitrogen and oxygen atoms in total. The maximum absolute atomic E-state index is 5.98. The Morgan fingerprint density at radius 3 is 2.50 bits per heavy atom. The number of ether oxygens (including phenoxy) is 1. The molecule has 0 saturated carbocycles. The number of piperazine rings is 1. The van der Waals surface area contributed by atoms with Crippen molar-refractivity contribution < 1.29 is 9.26 Å². The van der Waals surface area contributed by atoms with E-state index >= 15 is 0 Å². The molecule has 3 rings (SSSR count). The second kappa shape index (κ2) is 6.37. The number of nitrogens with zero attached hydrogens (tertiary/aromatic N) is 3. The molecular formula is C16H22N4O2. The molecule has 0 spiro atoms. The Morgan fingerprint density at radius 1 is 1.18 bits per heavy atom. The minimum atomic E-state index is 0.370. The van der Waals surface area contributed by atoms with E-state index in [0.29, 0.717) is 5.88 Å². The topological polar surface area (TPSA) is 67.8 Å². The lowest BCUT2D eigenvalue weighted by Gasteiger charge is -2.31. The quantitative estimate of drug-likeness (QED) is 0.927. The fourth-order valence-corrected chi connectivity index (χ4v) is 2.73. The third-order valence-electron chi connectivity index (χ3n) is 4.14. The lowest BCUT2D eigenvalue weighted by molar-refractivity contribution is 0.145. The van der Waals surface area contributed by atoms with Gasteiger partial charge in [-0.2, -0.15) is 0 Å². The summed E-state index contributed by atoms with van der Waals surface area (Å²) in [7, 11) is 3.80. The molecule has 2 heterocycles. The van der Waals surface area contributed by atoms with Gasteiger partial charge >= 0.3 is 0 Å². The summed E-state index contributed by atoms with van der Waals surface area (Å²) in [5.74, 6) is 1.19. The molecule has 1 aromatic heterocycles. The van der Waals surface area contributed by atoms with E-state index in [2.05, 4.69) is 22.0 Å². The number of nitrogen functional groups attached to an aromatic ring is 1. The summed E-state index contributed by atoms with van der Waals surface area (Å²) >= 11 is 0. The second-order valence-electron chi connectivity index (χ2n) is 5.68. The zero-order chi connectivity index (χ0) is 15.5. The Morgan fingerprint density at radius 2 is 1.86 bits per heavy atom. The number of rotatable bonds is 4. The molecule has 0 amide bonds. The number of nitrogens with two attached hydrogens (primary N) is 1. The maximum Gasteiger partial charge on any atom is 0.230 e. The van der Waals surface area contributed by atoms with Crippen molar-refractivity contribution in [2.24, 2.45) is 0 Å². The van der Waals surface area contributed by atoms with Crippen molar-refractivity contribution in [2.45, 2.75) is 6.54 Å². The van der Waals surface area contributed by atoms with Gasteiger partial charge in [-0.1, -0.05) is 17.3 Å². The van der Waals surface area contributed by atoms with Crippen LogP contribution < -0.4 is 10.5 Å². The number of aromatic nitrogens is 1. The van der Waals surface area contributed by atoms with Crippen LogP contribution in [0, 0.1) is 0 Å². The third kappa shape index (κ3) is 3.08. The average molecular weight is 302 g/mol. The minimum Gasteiger partial charge on any atom is -0.497 e. The normalized spacial score (nSPS) is 16.8. The van der Waals surface area contributed by atoms with Gasteiger partial charge in [-0.25, -0.2) is 0 Å². The van der Waals surface area contributed by atoms with Crippen LogP contribution in [0.15, 0.2) is 28.8 Å². The Balaban J connectivity index is 1.81. The molecule has 22 heavy (non-hydrogen) atoms. The van der Waals surface area contributed by atoms with Crippen LogP contribution in [0.2, 0.25) is 0 Å². The molecule has 118 valence electrons. The largest absolute Gasteiger partial charge is 0.497 e. The Labute approximate surface area is 130 Å². The van der Waals surface area contributed by atoms with Gasteiger partial charge in [0.05, 0.1) is 12.7 Å². The summed E-state index contributed by atoms with van der Waals surface area (Å²) in [6, 6.07) is 7.80. The number of anilines is 1. The van der Waals surface area contributed by atoms with Crippen LogP contribution >= 0.6 is 0 Å². The van der Waals surface area contributed by atoms with Crippen molar-refractivity contribution in [1.82, 2.24) is 15.0 Å². The fourth-order valence-electron chi connectivity index (χ4n) is 2.73. The lowest BCUT2D eigenvalue weighted by atomic mass is 10.0. The molecule has 6 heteroatoms. The molecule has 1 saturated heterocycles. The zero-order valence-electron chi connectivity index (χ0n) is 13.1. The zero-order valence-corrected chi connectivity index (χ0v) is 13.1. The minimum absolute atomic E-state index is 0.370. The molecule has 2 N–H and O–H groups in total. The first-order valence-electron chi connectivity index (χ1n) is 7.46. The molecule has 0 radical (unpaired) electrons. The summed E-state index contributed by atoms with van der Waals surface area (Å²) < 4.78 is 10.4. The number of methoxy groups -OCH3 is 1. The monoisotopic (exact) mass is 302 g/mol. The van der Waals surface area contributed by atoms with E-state index in [1.807, 2.05) is 24.3 Å². The molecular weight excluding hydrogens is 280 g/mol. The average Bonchev–Trinajstić information content (AvgIpc) is 2.90. The molecule has 0 aliphatic carbocycles. The van der Waals surface area contributed by atoms with E-state index in [1.165, 1.54) is 0 Å². The van der Waals surface area contributed by atoms with Crippen LogP contribution in [0.5, 0.6) is 5.75 Å². The third-order valence-corrected chi connectivity index (χ3v) is 4.14. The summed E-state index contributed by atoms with van der Waals surface area (Å²) in [4.78, 5) is 4.71. The molecule has 1 aromatic carbocycles. The van der Waals surface area contributed by atoms with Crippen LogP contribution in [0.25, 0.3) is 11.1 Å². The Kier molecular flexibility index (Phi) is 4.31. The van der Waals surface area contributed by atoms with Gasteiger partial charge in [0.1, 0.15) is 11.4 Å². The molecule has 1 fully saturated rings. The summed E-state index contributed by atoms with van der Waals surface area (Å²) in [6.45, 7) is 4.98. The van der Waals surface area contributed by atoms with Crippen molar-refractivity contribution in [3.8, 4) is 16.9 Å². The van der Waals surface area contributed by atoms with Gasteiger partial charge in [0.15, 0.2) is 0 Å². The molecule has 1 aliphatic heterocycles. The maximum atomic E-state index is 5.98. The van der Waals surface area contributed by atoms with Crippen molar-refractivity contribution in [3.05, 3.63) is 30.0 Å². The Hall–Kier alpha value is -2.05. The number of likely N-dealkylation sites (N-methyl/N-ethyl adjacent to an activating group) is 1. The molecule has 0 bridgehead atoms. The second-order valence-corrected chi connectivity index (χ2v) is 5.68. The van der Waals surface area contributed by atoms with Gasteiger partial charge in [-0.05, 0) is 24.7 Å². The van der Waals surface area contributed by atoms with Crippen LogP contribution in [-0.2, 0) is 6.54 Å². The highest BCUT2D eigenvalue weighted by Gasteiger charge is 2.20. The van der Waals surface area contributed by atoms with Crippen molar-refractivity contribution in [3.63, 3.8) is 0 Å². The standard InChI is InChI=1S/C16H22N4O2/c1-19-7-9-20(10-8-19)11-14-15(16(17)22-18-14)12-3-5-13(21-2)6-4-12/h3-6H,7-11,17H2,1-2H3. The number of hydrogen-bond acceptors (Lipinski definition) is 6. The summed E-state index contributed by atoms with van der Waals surface area (Å²) in [6.07, 6.45) is 0. The SMILES string of the molecule is COc1ccc(-c2c(CN3CCN(C)CC3)noc2N)cc1. The predicted molar refractivity (Wildman–Crippen MR) is 85.7 cm³/mol. The van der Waals surface area contributed by atoms with Gasteiger partial charge in [0, 0.05) is 32.7 Å². The highest BCUT2D eigenvalue weighted by molar-refractivity contribution is 5.75. The van der Waals surface area contributed by atoms with Crippen LogP contribution in [-0.4, -0.2) is 55.3 Å². The van der Waals surface area contributed by atoms with Gasteiger partial charge in [-0.15, -0.1) is 0 Å². The van der Waals surface area contributed by atoms with E-state index in [1.54, 1.807) is 7.11 Å². The van der Waals surface area contributed by atoms with Crippen LogP contribution in [0.1, 0.15) is 5.69 Å². The van der Waals surface area contributed by atoms with Crippen molar-refractivity contribution >= 4 is 5.88 Å². The molecule has 0 atom stereocenters. The van der Waals surface area contributed by atoms with E-state index in [4.69, 9.17) is 15.0 Å². The smallest absolute Gasteiger partial charge is 0.230 e. The van der Waals surface area contributed by atoms with E-state index in [9.17, 15) is 0 Å². The van der Waals surface area contributed by atoms with E-state index < -0.39 is 0 Å². The van der Waals surface area contributed by atoms with Gasteiger partial charge in [-0.3, -0.25) is 4.90 Å². The fraction of sp³-hybridized carbons (Fsp3) is 0.438. The van der Waals surface area contributed by atoms with Crippen LogP contribution in [0.3, 0.4) is 0 Å². The molecule has 0 unspecified atom stereocenters. The summed E-state index contributed by atoms with van der Waals surface area (Å²) in [5, 5.41) is 4.16. The molecule has 2 aromatic rings. The number of hydrogen-bond donors (Lipinski definition) is 1. The van der Waals surface area contributed by atoms with Gasteiger partial charge in [0.25, 0.3) is 0 Å². The Bertz CT molecular complexity index is 616. The first-order valence-corrected chi connectivity index (χ1v) is 7.46. The van der Waals surface area contributed by atoms with Crippen LogP contribution in [0.4, 0.5) is 5.88 Å². The van der Waals surface area contributed by atoms with E-state index in [-0.39, 0.29) is 0 Å². The van der Waals surface area contributed by atoms with Gasteiger partial charge < -0.3 is 19.9 Å². The predicted octanol–water partition coefficient (Wildman–Crippen LogP) is 1.68. The highest BCUT2D eigenvalue weighted by atomic mass is 16.5. The number of benzene rings is 1. The highest BCUT2D eigenvalue weighted by Crippen LogP contribution is 2.31. The van der Waals surface area contributed by atoms with E-state index in [0.717, 1.165) is 55.3 Å². The first kappa shape index (κ1) is 14.9. The first-order chi connectivity index (χ1) is 10.7. The van der Waals surface area contributed by atoms with Crippen molar-refractivity contribution in [1.29, 1.82) is 0 Å².